The van der Waals surface area contributed by atoms with Gasteiger partial charge in [-0.15, -0.1) is 0 Å². The second kappa shape index (κ2) is 7.11. The van der Waals surface area contributed by atoms with Crippen molar-refractivity contribution in [2.75, 3.05) is 19.7 Å². The fourth-order valence-corrected chi connectivity index (χ4v) is 4.31. The van der Waals surface area contributed by atoms with Crippen molar-refractivity contribution in [3.8, 4) is 0 Å². The molecule has 0 bridgehead atoms. The first kappa shape index (κ1) is 17.1. The van der Waals surface area contributed by atoms with Crippen molar-refractivity contribution in [3.63, 3.8) is 0 Å². The fraction of sp³-hybridized carbons (Fsp3) is 0.500. The molecule has 1 saturated carbocycles. The number of hydrogen-bond acceptors (Lipinski definition) is 5. The smallest absolute Gasteiger partial charge is 0.274 e. The van der Waals surface area contributed by atoms with Gasteiger partial charge in [-0.05, 0) is 37.8 Å². The van der Waals surface area contributed by atoms with Crippen molar-refractivity contribution < 1.29 is 9.53 Å². The summed E-state index contributed by atoms with van der Waals surface area (Å²) in [6, 6.07) is 5.86. The van der Waals surface area contributed by atoms with Crippen LogP contribution in [0.4, 0.5) is 0 Å². The molecule has 1 aliphatic heterocycles. The van der Waals surface area contributed by atoms with E-state index in [-0.39, 0.29) is 11.3 Å². The SMILES string of the molecule is Cc1cnc(C(=O)N2C[C@H]3CCC[C@@]3(COCc3ccccn3)C2)cn1. The molecule has 4 rings (SSSR count). The van der Waals surface area contributed by atoms with Crippen LogP contribution in [0.3, 0.4) is 0 Å². The zero-order valence-corrected chi connectivity index (χ0v) is 15.1. The lowest BCUT2D eigenvalue weighted by molar-refractivity contribution is 0.0252. The van der Waals surface area contributed by atoms with Gasteiger partial charge < -0.3 is 9.64 Å². The van der Waals surface area contributed by atoms with Crippen LogP contribution in [0.5, 0.6) is 0 Å². The maximum atomic E-state index is 12.8. The maximum Gasteiger partial charge on any atom is 0.274 e. The van der Waals surface area contributed by atoms with Gasteiger partial charge in [-0.2, -0.15) is 0 Å². The van der Waals surface area contributed by atoms with Gasteiger partial charge in [-0.1, -0.05) is 12.5 Å². The van der Waals surface area contributed by atoms with Gasteiger partial charge in [0.1, 0.15) is 5.69 Å². The van der Waals surface area contributed by atoms with E-state index in [9.17, 15) is 4.79 Å². The molecule has 0 unspecified atom stereocenters. The van der Waals surface area contributed by atoms with Crippen LogP contribution in [-0.4, -0.2) is 45.5 Å². The highest BCUT2D eigenvalue weighted by molar-refractivity contribution is 5.92. The molecule has 6 nitrogen and oxygen atoms in total. The Hall–Kier alpha value is -2.34. The molecule has 1 amide bonds. The second-order valence-corrected chi connectivity index (χ2v) is 7.49. The molecule has 0 aromatic carbocycles. The molecule has 136 valence electrons. The Kier molecular flexibility index (Phi) is 4.68. The molecular formula is C20H24N4O2. The molecule has 2 aromatic heterocycles. The highest BCUT2D eigenvalue weighted by Gasteiger charge is 2.51. The summed E-state index contributed by atoms with van der Waals surface area (Å²) in [5.74, 6) is 0.490. The monoisotopic (exact) mass is 352 g/mol. The number of rotatable bonds is 5. The third kappa shape index (κ3) is 3.33. The van der Waals surface area contributed by atoms with Crippen molar-refractivity contribution >= 4 is 5.91 Å². The van der Waals surface area contributed by atoms with Gasteiger partial charge in [0.2, 0.25) is 0 Å². The fourth-order valence-electron chi connectivity index (χ4n) is 4.31. The molecule has 2 atom stereocenters. The van der Waals surface area contributed by atoms with Gasteiger partial charge in [0, 0.05) is 30.9 Å². The van der Waals surface area contributed by atoms with E-state index in [2.05, 4.69) is 15.0 Å². The first-order valence-corrected chi connectivity index (χ1v) is 9.22. The predicted octanol–water partition coefficient (Wildman–Crippen LogP) is 2.64. The van der Waals surface area contributed by atoms with E-state index in [0.717, 1.165) is 37.3 Å². The molecule has 2 fully saturated rings. The lowest BCUT2D eigenvalue weighted by Gasteiger charge is -2.28. The number of pyridine rings is 1. The van der Waals surface area contributed by atoms with Gasteiger partial charge in [0.25, 0.3) is 5.91 Å². The summed E-state index contributed by atoms with van der Waals surface area (Å²) in [7, 11) is 0. The number of nitrogens with zero attached hydrogens (tertiary/aromatic N) is 4. The first-order chi connectivity index (χ1) is 12.7. The number of carbonyl (C=O) groups excluding carboxylic acids is 1. The van der Waals surface area contributed by atoms with Crippen LogP contribution in [-0.2, 0) is 11.3 Å². The van der Waals surface area contributed by atoms with Gasteiger partial charge in [0.05, 0.1) is 30.8 Å². The quantitative estimate of drug-likeness (QED) is 0.827. The summed E-state index contributed by atoms with van der Waals surface area (Å²) in [6.07, 6.45) is 8.50. The van der Waals surface area contributed by atoms with Crippen molar-refractivity contribution in [2.45, 2.75) is 32.8 Å². The minimum Gasteiger partial charge on any atom is -0.375 e. The summed E-state index contributed by atoms with van der Waals surface area (Å²) in [4.78, 5) is 27.5. The number of fused-ring (bicyclic) bond motifs is 1. The topological polar surface area (TPSA) is 68.2 Å². The standard InChI is InChI=1S/C20H24N4O2/c1-15-9-23-18(10-22-15)19(25)24-11-16-5-4-7-20(16,13-24)14-26-12-17-6-2-3-8-21-17/h2-3,6,8-10,16H,4-5,7,11-14H2,1H3/t16-,20+/m1/s1. The molecule has 0 radical (unpaired) electrons. The number of hydrogen-bond donors (Lipinski definition) is 0. The number of aryl methyl sites for hydroxylation is 1. The average Bonchev–Trinajstić information content (AvgIpc) is 3.20. The number of ether oxygens (including phenoxy) is 1. The Morgan fingerprint density at radius 2 is 2.23 bits per heavy atom. The molecule has 0 N–H and O–H groups in total. The molecule has 6 heteroatoms. The first-order valence-electron chi connectivity index (χ1n) is 9.22. The Morgan fingerprint density at radius 1 is 1.31 bits per heavy atom. The largest absolute Gasteiger partial charge is 0.375 e. The second-order valence-electron chi connectivity index (χ2n) is 7.49. The number of carbonyl (C=O) groups is 1. The van der Waals surface area contributed by atoms with Gasteiger partial charge in [0.15, 0.2) is 0 Å². The van der Waals surface area contributed by atoms with Crippen LogP contribution in [0.15, 0.2) is 36.8 Å². The van der Waals surface area contributed by atoms with E-state index in [1.807, 2.05) is 30.0 Å². The number of likely N-dealkylation sites (tertiary alicyclic amines) is 1. The van der Waals surface area contributed by atoms with Gasteiger partial charge in [-0.25, -0.2) is 4.98 Å². The molecule has 2 aliphatic rings. The normalized spacial score (nSPS) is 24.7. The Bertz CT molecular complexity index is 765. The summed E-state index contributed by atoms with van der Waals surface area (Å²) >= 11 is 0. The van der Waals surface area contributed by atoms with Crippen molar-refractivity contribution in [1.82, 2.24) is 19.9 Å². The van der Waals surface area contributed by atoms with E-state index < -0.39 is 0 Å². The molecule has 1 aliphatic carbocycles. The summed E-state index contributed by atoms with van der Waals surface area (Å²) in [5.41, 5.74) is 2.27. The summed E-state index contributed by atoms with van der Waals surface area (Å²) in [5, 5.41) is 0. The van der Waals surface area contributed by atoms with E-state index in [1.54, 1.807) is 18.6 Å². The molecule has 0 spiro atoms. The zero-order chi connectivity index (χ0) is 18.0. The van der Waals surface area contributed by atoms with Crippen LogP contribution in [0.25, 0.3) is 0 Å². The number of aromatic nitrogens is 3. The molecular weight excluding hydrogens is 328 g/mol. The van der Waals surface area contributed by atoms with Crippen LogP contribution < -0.4 is 0 Å². The lowest BCUT2D eigenvalue weighted by atomic mass is 9.81. The van der Waals surface area contributed by atoms with E-state index in [4.69, 9.17) is 4.74 Å². The van der Waals surface area contributed by atoms with Crippen LogP contribution in [0, 0.1) is 18.3 Å². The van der Waals surface area contributed by atoms with Gasteiger partial charge in [-0.3, -0.25) is 14.8 Å². The zero-order valence-electron chi connectivity index (χ0n) is 15.1. The van der Waals surface area contributed by atoms with E-state index in [1.165, 1.54) is 6.42 Å². The molecule has 2 aromatic rings. The lowest BCUT2D eigenvalue weighted by Crippen LogP contribution is -2.35. The Labute approximate surface area is 153 Å². The highest BCUT2D eigenvalue weighted by atomic mass is 16.5. The average molecular weight is 352 g/mol. The predicted molar refractivity (Wildman–Crippen MR) is 96.3 cm³/mol. The van der Waals surface area contributed by atoms with Crippen molar-refractivity contribution in [3.05, 3.63) is 53.9 Å². The summed E-state index contributed by atoms with van der Waals surface area (Å²) < 4.78 is 6.03. The van der Waals surface area contributed by atoms with Crippen LogP contribution in [0.2, 0.25) is 0 Å². The van der Waals surface area contributed by atoms with E-state index in [0.29, 0.717) is 24.8 Å². The van der Waals surface area contributed by atoms with Crippen LogP contribution in [0.1, 0.15) is 41.1 Å². The van der Waals surface area contributed by atoms with Gasteiger partial charge >= 0.3 is 0 Å². The highest BCUT2D eigenvalue weighted by Crippen LogP contribution is 2.49. The van der Waals surface area contributed by atoms with Crippen molar-refractivity contribution in [1.29, 1.82) is 0 Å². The Balaban J connectivity index is 1.41. The Morgan fingerprint density at radius 3 is 3.00 bits per heavy atom. The summed E-state index contributed by atoms with van der Waals surface area (Å²) in [6.45, 7) is 4.61. The van der Waals surface area contributed by atoms with E-state index >= 15 is 0 Å². The molecule has 26 heavy (non-hydrogen) atoms. The van der Waals surface area contributed by atoms with Crippen molar-refractivity contribution in [2.24, 2.45) is 11.3 Å². The molecule has 1 saturated heterocycles. The third-order valence-corrected chi connectivity index (χ3v) is 5.69. The molecule has 3 heterocycles. The maximum absolute atomic E-state index is 12.8. The minimum absolute atomic E-state index is 0.0176. The minimum atomic E-state index is -0.0176. The van der Waals surface area contributed by atoms with Crippen LogP contribution >= 0.6 is 0 Å². The third-order valence-electron chi connectivity index (χ3n) is 5.69. The number of amides is 1.